The van der Waals surface area contributed by atoms with Gasteiger partial charge in [0, 0.05) is 6.26 Å². The fourth-order valence-electron chi connectivity index (χ4n) is 4.01. The van der Waals surface area contributed by atoms with Crippen molar-refractivity contribution in [2.45, 2.75) is 24.8 Å². The molecule has 5 rings (SSSR count). The molecule has 11 heteroatoms. The number of thiazole rings is 1. The molecule has 0 aliphatic carbocycles. The number of hydrogen-bond acceptors (Lipinski definition) is 9. The normalized spacial score (nSPS) is 18.3. The van der Waals surface area contributed by atoms with Crippen LogP contribution in [0.4, 0.5) is 5.13 Å². The molecule has 0 saturated carbocycles. The van der Waals surface area contributed by atoms with Crippen molar-refractivity contribution < 1.29 is 27.5 Å². The van der Waals surface area contributed by atoms with E-state index in [1.54, 1.807) is 37.4 Å². The highest BCUT2D eigenvalue weighted by Gasteiger charge is 2.48. The summed E-state index contributed by atoms with van der Waals surface area (Å²) in [6.07, 6.45) is 1.12. The van der Waals surface area contributed by atoms with E-state index in [1.165, 1.54) is 28.4 Å². The minimum Gasteiger partial charge on any atom is -0.507 e. The van der Waals surface area contributed by atoms with Crippen molar-refractivity contribution in [1.82, 2.24) is 4.98 Å². The van der Waals surface area contributed by atoms with Crippen molar-refractivity contribution in [2.75, 3.05) is 11.2 Å². The number of rotatable bonds is 4. The number of Topliss-reactive ketones (excluding diaryl/α,β-unsaturated/α-hetero) is 1. The highest BCUT2D eigenvalue weighted by Crippen LogP contribution is 2.45. The fraction of sp³-hybridized carbons (Fsp3) is 0.174. The first-order valence-corrected chi connectivity index (χ1v) is 13.7. The number of nitrogens with zero attached hydrogens (tertiary/aromatic N) is 2. The fourth-order valence-corrected chi connectivity index (χ4v) is 6.45. The molecule has 174 valence electrons. The third kappa shape index (κ3) is 3.56. The van der Waals surface area contributed by atoms with E-state index >= 15 is 0 Å². The molecule has 1 atom stereocenters. The topological polar surface area (TPSA) is 118 Å². The predicted molar refractivity (Wildman–Crippen MR) is 130 cm³/mol. The Balaban J connectivity index is 1.71. The second-order valence-electron chi connectivity index (χ2n) is 7.95. The Labute approximate surface area is 202 Å². The molecule has 0 radical (unpaired) electrons. The van der Waals surface area contributed by atoms with E-state index in [2.05, 4.69) is 4.98 Å². The van der Waals surface area contributed by atoms with Gasteiger partial charge in [-0.15, -0.1) is 0 Å². The van der Waals surface area contributed by atoms with Crippen LogP contribution in [-0.4, -0.2) is 36.5 Å². The number of sulfone groups is 1. The lowest BCUT2D eigenvalue weighted by Gasteiger charge is -2.21. The minimum absolute atomic E-state index is 0.0524. The molecule has 34 heavy (non-hydrogen) atoms. The Morgan fingerprint density at radius 2 is 1.94 bits per heavy atom. The molecular formula is C23H18N2O6S3. The lowest BCUT2D eigenvalue weighted by atomic mass is 9.97. The average Bonchev–Trinajstić information content (AvgIpc) is 3.53. The number of hydrogen-bond donors (Lipinski definition) is 1. The van der Waals surface area contributed by atoms with Gasteiger partial charge in [0.2, 0.25) is 0 Å². The third-order valence-corrected chi connectivity index (χ3v) is 8.41. The van der Waals surface area contributed by atoms with E-state index < -0.39 is 27.6 Å². The van der Waals surface area contributed by atoms with Gasteiger partial charge in [0.25, 0.3) is 5.78 Å². The minimum atomic E-state index is -3.43. The SMILES string of the molecule is Cc1cc(C(O)=C2C(=O)C(=O)N(c3nc4ccc(S(C)(=O)=O)cc4s3)C2c2ccsc2)c(C)o1. The summed E-state index contributed by atoms with van der Waals surface area (Å²) in [4.78, 5) is 32.3. The summed E-state index contributed by atoms with van der Waals surface area (Å²) < 4.78 is 30.0. The molecule has 1 aliphatic rings. The van der Waals surface area contributed by atoms with Gasteiger partial charge >= 0.3 is 5.91 Å². The van der Waals surface area contributed by atoms with Gasteiger partial charge in [0.15, 0.2) is 15.0 Å². The number of carbonyl (C=O) groups excluding carboxylic acids is 2. The van der Waals surface area contributed by atoms with Crippen molar-refractivity contribution in [3.05, 3.63) is 69.3 Å². The Morgan fingerprint density at radius 3 is 2.56 bits per heavy atom. The van der Waals surface area contributed by atoms with Crippen LogP contribution in [0, 0.1) is 13.8 Å². The summed E-state index contributed by atoms with van der Waals surface area (Å²) in [6, 6.07) is 7.03. The number of carbonyl (C=O) groups is 2. The van der Waals surface area contributed by atoms with Gasteiger partial charge in [-0.2, -0.15) is 11.3 Å². The Bertz CT molecular complexity index is 1610. The summed E-state index contributed by atoms with van der Waals surface area (Å²) in [5, 5.41) is 15.0. The predicted octanol–water partition coefficient (Wildman–Crippen LogP) is 4.60. The first-order valence-electron chi connectivity index (χ1n) is 10.1. The molecule has 0 spiro atoms. The summed E-state index contributed by atoms with van der Waals surface area (Å²) in [7, 11) is -3.43. The summed E-state index contributed by atoms with van der Waals surface area (Å²) >= 11 is 2.50. The monoisotopic (exact) mass is 514 g/mol. The summed E-state index contributed by atoms with van der Waals surface area (Å²) in [6.45, 7) is 3.40. The maximum atomic E-state index is 13.2. The van der Waals surface area contributed by atoms with Crippen molar-refractivity contribution in [3.8, 4) is 0 Å². The standard InChI is InChI=1S/C23H18N2O6S3/c1-11-8-15(12(2)31-11)20(26)18-19(13-6-7-32-10-13)25(22(28)21(18)27)23-24-16-5-4-14(34(3,29)30)9-17(16)33-23/h4-10,19,26H,1-3H3. The molecule has 1 aliphatic heterocycles. The van der Waals surface area contributed by atoms with E-state index in [4.69, 9.17) is 4.42 Å². The van der Waals surface area contributed by atoms with Crippen LogP contribution in [0.3, 0.4) is 0 Å². The number of aliphatic hydroxyl groups excluding tert-OH is 1. The van der Waals surface area contributed by atoms with Gasteiger partial charge in [0.1, 0.15) is 17.3 Å². The van der Waals surface area contributed by atoms with Crippen LogP contribution in [0.5, 0.6) is 0 Å². The Kier molecular flexibility index (Phi) is 5.23. The maximum absolute atomic E-state index is 13.2. The van der Waals surface area contributed by atoms with E-state index in [-0.39, 0.29) is 21.4 Å². The molecule has 3 aromatic heterocycles. The van der Waals surface area contributed by atoms with Crippen LogP contribution in [-0.2, 0) is 19.4 Å². The molecule has 1 fully saturated rings. The van der Waals surface area contributed by atoms with Crippen LogP contribution < -0.4 is 4.90 Å². The summed E-state index contributed by atoms with van der Waals surface area (Å²) in [5.41, 5.74) is 1.44. The van der Waals surface area contributed by atoms with Gasteiger partial charge in [-0.05, 0) is 60.5 Å². The molecule has 4 heterocycles. The molecule has 4 aromatic rings. The number of aryl methyl sites for hydroxylation is 2. The van der Waals surface area contributed by atoms with Gasteiger partial charge in [-0.25, -0.2) is 13.4 Å². The number of thiophene rings is 1. The van der Waals surface area contributed by atoms with Crippen LogP contribution in [0.25, 0.3) is 16.0 Å². The molecule has 1 amide bonds. The Morgan fingerprint density at radius 1 is 1.18 bits per heavy atom. The van der Waals surface area contributed by atoms with Gasteiger partial charge in [0.05, 0.1) is 32.3 Å². The molecule has 1 aromatic carbocycles. The van der Waals surface area contributed by atoms with Crippen molar-refractivity contribution >= 4 is 65.3 Å². The molecule has 1 unspecified atom stereocenters. The lowest BCUT2D eigenvalue weighted by molar-refractivity contribution is -0.132. The largest absolute Gasteiger partial charge is 0.507 e. The molecular weight excluding hydrogens is 496 g/mol. The number of anilines is 1. The Hall–Kier alpha value is -3.28. The zero-order chi connectivity index (χ0) is 24.4. The second kappa shape index (κ2) is 7.90. The van der Waals surface area contributed by atoms with Gasteiger partial charge < -0.3 is 9.52 Å². The third-order valence-electron chi connectivity index (χ3n) is 5.58. The zero-order valence-corrected chi connectivity index (χ0v) is 20.7. The molecule has 1 N–H and O–H groups in total. The van der Waals surface area contributed by atoms with Crippen molar-refractivity contribution in [2.24, 2.45) is 0 Å². The number of fused-ring (bicyclic) bond motifs is 1. The van der Waals surface area contributed by atoms with Crippen molar-refractivity contribution in [3.63, 3.8) is 0 Å². The quantitative estimate of drug-likeness (QED) is 0.240. The number of amides is 1. The van der Waals surface area contributed by atoms with Gasteiger partial charge in [-0.1, -0.05) is 11.3 Å². The smallest absolute Gasteiger partial charge is 0.301 e. The second-order valence-corrected chi connectivity index (χ2v) is 11.8. The van der Waals surface area contributed by atoms with Crippen LogP contribution >= 0.6 is 22.7 Å². The first-order chi connectivity index (χ1) is 16.1. The van der Waals surface area contributed by atoms with E-state index in [0.29, 0.717) is 32.9 Å². The van der Waals surface area contributed by atoms with E-state index in [0.717, 1.165) is 17.6 Å². The van der Waals surface area contributed by atoms with Crippen LogP contribution in [0.1, 0.15) is 28.7 Å². The number of ketones is 1. The van der Waals surface area contributed by atoms with Crippen LogP contribution in [0.15, 0.2) is 56.0 Å². The lowest BCUT2D eigenvalue weighted by Crippen LogP contribution is -2.29. The molecule has 8 nitrogen and oxygen atoms in total. The number of benzene rings is 1. The van der Waals surface area contributed by atoms with E-state index in [9.17, 15) is 23.1 Å². The molecule has 0 bridgehead atoms. The maximum Gasteiger partial charge on any atom is 0.301 e. The number of furan rings is 1. The molecule has 1 saturated heterocycles. The van der Waals surface area contributed by atoms with Gasteiger partial charge in [-0.3, -0.25) is 14.5 Å². The highest BCUT2D eigenvalue weighted by atomic mass is 32.2. The van der Waals surface area contributed by atoms with Crippen LogP contribution in [0.2, 0.25) is 0 Å². The first kappa shape index (κ1) is 22.5. The zero-order valence-electron chi connectivity index (χ0n) is 18.2. The highest BCUT2D eigenvalue weighted by molar-refractivity contribution is 7.90. The van der Waals surface area contributed by atoms with E-state index in [1.807, 2.05) is 5.38 Å². The number of aliphatic hydroxyl groups is 1. The average molecular weight is 515 g/mol. The number of aromatic nitrogens is 1. The van der Waals surface area contributed by atoms with Crippen molar-refractivity contribution in [1.29, 1.82) is 0 Å². The summed E-state index contributed by atoms with van der Waals surface area (Å²) in [5.74, 6) is -0.973.